The van der Waals surface area contributed by atoms with Gasteiger partial charge in [-0.3, -0.25) is 9.59 Å². The largest absolute Gasteiger partial charge is 0.457 e. The summed E-state index contributed by atoms with van der Waals surface area (Å²) in [7, 11) is 0. The molecule has 0 aliphatic heterocycles. The molecule has 4 aromatic rings. The Balaban J connectivity index is 0.000000214. The molecule has 0 aromatic heterocycles. The maximum absolute atomic E-state index is 12.6. The maximum Gasteiger partial charge on any atom is 0.311 e. The zero-order valence-corrected chi connectivity index (χ0v) is 33.9. The van der Waals surface area contributed by atoms with E-state index in [1.165, 1.54) is 0 Å². The van der Waals surface area contributed by atoms with Crippen molar-refractivity contribution in [1.29, 1.82) is 10.5 Å². The molecule has 0 heterocycles. The van der Waals surface area contributed by atoms with Gasteiger partial charge in [-0.1, -0.05) is 135 Å². The summed E-state index contributed by atoms with van der Waals surface area (Å²) >= 11 is 22.9. The Hall–Kier alpha value is -4.96. The van der Waals surface area contributed by atoms with E-state index in [1.807, 2.05) is 100 Å². The molecule has 8 nitrogen and oxygen atoms in total. The maximum atomic E-state index is 12.6. The summed E-state index contributed by atoms with van der Waals surface area (Å²) in [5.74, 6) is 0.579. The summed E-state index contributed by atoms with van der Waals surface area (Å²) in [6, 6.07) is 36.6. The molecular formula is C44H38Cl4N2O6. The molecule has 2 aliphatic rings. The van der Waals surface area contributed by atoms with Gasteiger partial charge in [0.1, 0.15) is 44.1 Å². The van der Waals surface area contributed by atoms with Gasteiger partial charge in [0, 0.05) is 11.1 Å². The molecule has 4 aromatic carbocycles. The second kappa shape index (κ2) is 18.3. The van der Waals surface area contributed by atoms with Crippen LogP contribution in [0.1, 0.15) is 51.0 Å². The fraction of sp³-hybridized carbons (Fsp3) is 0.273. The van der Waals surface area contributed by atoms with Gasteiger partial charge in [-0.15, -0.1) is 0 Å². The summed E-state index contributed by atoms with van der Waals surface area (Å²) < 4.78 is 22.8. The number of allylic oxidation sites excluding steroid dienone is 2. The van der Waals surface area contributed by atoms with Gasteiger partial charge in [-0.25, -0.2) is 0 Å². The van der Waals surface area contributed by atoms with Crippen molar-refractivity contribution in [3.63, 3.8) is 0 Å². The Labute approximate surface area is 346 Å². The first-order valence-electron chi connectivity index (χ1n) is 17.6. The van der Waals surface area contributed by atoms with Crippen LogP contribution in [0.15, 0.2) is 130 Å². The van der Waals surface area contributed by atoms with E-state index < -0.39 is 24.1 Å². The van der Waals surface area contributed by atoms with Crippen LogP contribution in [-0.2, 0) is 19.1 Å². The molecule has 6 atom stereocenters. The highest BCUT2D eigenvalue weighted by molar-refractivity contribution is 6.56. The molecule has 2 fully saturated rings. The molecule has 4 unspecified atom stereocenters. The van der Waals surface area contributed by atoms with E-state index in [0.717, 1.165) is 0 Å². The molecule has 2 aliphatic carbocycles. The van der Waals surface area contributed by atoms with Gasteiger partial charge >= 0.3 is 11.9 Å². The van der Waals surface area contributed by atoms with Crippen LogP contribution in [0.4, 0.5) is 0 Å². The standard InChI is InChI=1S/2C22H19Cl2NO3/c2*1-22(2)17(12-19(23)24)20(22)21(26)28-18(13-25)14-7-6-10-16(11-14)27-15-8-4-3-5-9-15/h2*3-12,17-18,20H,1-2H3/t17-,18?,20-;/m0./s1. The first-order chi connectivity index (χ1) is 26.6. The van der Waals surface area contributed by atoms with Gasteiger partial charge in [-0.05, 0) is 83.3 Å². The fourth-order valence-corrected chi connectivity index (χ4v) is 7.14. The number of hydrogen-bond acceptors (Lipinski definition) is 8. The lowest BCUT2D eigenvalue weighted by Crippen LogP contribution is -2.14. The topological polar surface area (TPSA) is 119 Å². The summed E-state index contributed by atoms with van der Waals surface area (Å²) in [6.45, 7) is 7.75. The summed E-state index contributed by atoms with van der Waals surface area (Å²) in [4.78, 5) is 25.2. The number of hydrogen-bond donors (Lipinski definition) is 0. The number of para-hydroxylation sites is 2. The van der Waals surface area contributed by atoms with Gasteiger partial charge in [-0.2, -0.15) is 10.5 Å². The summed E-state index contributed by atoms with van der Waals surface area (Å²) in [6.07, 6.45) is 1.23. The molecule has 2 saturated carbocycles. The molecule has 0 N–H and O–H groups in total. The smallest absolute Gasteiger partial charge is 0.311 e. The highest BCUT2D eigenvalue weighted by atomic mass is 35.5. The second-order valence-electron chi connectivity index (χ2n) is 14.4. The van der Waals surface area contributed by atoms with Crippen molar-refractivity contribution in [1.82, 2.24) is 0 Å². The number of nitriles is 2. The second-order valence-corrected chi connectivity index (χ2v) is 16.4. The normalized spacial score (nSPS) is 20.4. The zero-order valence-electron chi connectivity index (χ0n) is 30.9. The molecule has 6 rings (SSSR count). The van der Waals surface area contributed by atoms with Crippen molar-refractivity contribution in [2.75, 3.05) is 0 Å². The van der Waals surface area contributed by atoms with Crippen LogP contribution in [-0.4, -0.2) is 11.9 Å². The SMILES string of the molecule is CC1(C)C(C=C(Cl)Cl)C1C(=O)OC(C#N)c1cccc(Oc2ccccc2)c1.CC1(C)[C@H](C(=O)OC(C#N)c2cccc(Oc3ccccc3)c2)[C@@H]1C=C(Cl)Cl. The van der Waals surface area contributed by atoms with Crippen molar-refractivity contribution in [2.24, 2.45) is 34.5 Å². The van der Waals surface area contributed by atoms with E-state index in [0.29, 0.717) is 34.1 Å². The van der Waals surface area contributed by atoms with E-state index in [1.54, 1.807) is 60.7 Å². The van der Waals surface area contributed by atoms with Crippen molar-refractivity contribution >= 4 is 58.3 Å². The fourth-order valence-electron chi connectivity index (χ4n) is 6.60. The lowest BCUT2D eigenvalue weighted by molar-refractivity contribution is -0.150. The number of halogens is 4. The van der Waals surface area contributed by atoms with Crippen LogP contribution in [0, 0.1) is 57.2 Å². The van der Waals surface area contributed by atoms with Crippen LogP contribution in [0.2, 0.25) is 0 Å². The summed E-state index contributed by atoms with van der Waals surface area (Å²) in [5, 5.41) is 19.1. The van der Waals surface area contributed by atoms with Crippen LogP contribution in [0.25, 0.3) is 0 Å². The number of carbonyl (C=O) groups is 2. The number of esters is 2. The molecule has 0 amide bonds. The van der Waals surface area contributed by atoms with E-state index in [-0.39, 0.29) is 43.5 Å². The number of carbonyl (C=O) groups excluding carboxylic acids is 2. The molecule has 0 bridgehead atoms. The van der Waals surface area contributed by atoms with E-state index >= 15 is 0 Å². The average Bonchev–Trinajstić information content (AvgIpc) is 3.93. The average molecular weight is 833 g/mol. The minimum atomic E-state index is -1.03. The van der Waals surface area contributed by atoms with Crippen LogP contribution < -0.4 is 9.47 Å². The molecule has 0 saturated heterocycles. The molecule has 0 radical (unpaired) electrons. The molecular weight excluding hydrogens is 794 g/mol. The minimum Gasteiger partial charge on any atom is -0.457 e. The molecule has 0 spiro atoms. The first-order valence-corrected chi connectivity index (χ1v) is 19.1. The first kappa shape index (κ1) is 42.2. The molecule has 12 heteroatoms. The highest BCUT2D eigenvalue weighted by Crippen LogP contribution is 2.61. The van der Waals surface area contributed by atoms with Gasteiger partial charge in [0.15, 0.2) is 0 Å². The van der Waals surface area contributed by atoms with Crippen molar-refractivity contribution < 1.29 is 28.5 Å². The lowest BCUT2D eigenvalue weighted by Gasteiger charge is -2.13. The van der Waals surface area contributed by atoms with Crippen molar-refractivity contribution in [3.8, 4) is 35.1 Å². The Morgan fingerprint density at radius 1 is 0.571 bits per heavy atom. The van der Waals surface area contributed by atoms with E-state index in [4.69, 9.17) is 65.4 Å². The predicted octanol–water partition coefficient (Wildman–Crippen LogP) is 12.4. The van der Waals surface area contributed by atoms with Crippen LogP contribution in [0.5, 0.6) is 23.0 Å². The number of nitrogens with zero attached hydrogens (tertiary/aromatic N) is 2. The van der Waals surface area contributed by atoms with Crippen LogP contribution in [0.3, 0.4) is 0 Å². The highest BCUT2D eigenvalue weighted by Gasteiger charge is 2.62. The van der Waals surface area contributed by atoms with Gasteiger partial charge < -0.3 is 18.9 Å². The van der Waals surface area contributed by atoms with E-state index in [2.05, 4.69) is 0 Å². The van der Waals surface area contributed by atoms with Gasteiger partial charge in [0.05, 0.1) is 11.8 Å². The van der Waals surface area contributed by atoms with Crippen molar-refractivity contribution in [2.45, 2.75) is 39.9 Å². The molecule has 56 heavy (non-hydrogen) atoms. The number of ether oxygens (including phenoxy) is 4. The number of rotatable bonds is 12. The van der Waals surface area contributed by atoms with Gasteiger partial charge in [0.25, 0.3) is 0 Å². The minimum absolute atomic E-state index is 0.114. The third kappa shape index (κ3) is 10.7. The van der Waals surface area contributed by atoms with E-state index in [9.17, 15) is 20.1 Å². The lowest BCUT2D eigenvalue weighted by atomic mass is 10.1. The quantitative estimate of drug-likeness (QED) is 0.129. The van der Waals surface area contributed by atoms with Crippen molar-refractivity contribution in [3.05, 3.63) is 141 Å². The van der Waals surface area contributed by atoms with Gasteiger partial charge in [0.2, 0.25) is 12.2 Å². The predicted molar refractivity (Wildman–Crippen MR) is 216 cm³/mol. The Morgan fingerprint density at radius 3 is 1.23 bits per heavy atom. The zero-order chi connectivity index (χ0) is 40.6. The third-order valence-electron chi connectivity index (χ3n) is 9.92. The Bertz CT molecular complexity index is 2020. The third-order valence-corrected chi connectivity index (χ3v) is 10.4. The monoisotopic (exact) mass is 830 g/mol. The molecule has 288 valence electrons. The van der Waals surface area contributed by atoms with Crippen LogP contribution >= 0.6 is 46.4 Å². The Kier molecular flexibility index (Phi) is 13.8. The Morgan fingerprint density at radius 2 is 0.911 bits per heavy atom. The number of benzene rings is 4. The summed E-state index contributed by atoms with van der Waals surface area (Å²) in [5.41, 5.74) is 0.463.